The molecule has 1 fully saturated rings. The van der Waals surface area contributed by atoms with E-state index in [1.165, 1.54) is 0 Å². The first-order valence-corrected chi connectivity index (χ1v) is 7.04. The van der Waals surface area contributed by atoms with E-state index in [2.05, 4.69) is 22.0 Å². The molecular formula is C15H21ClN4O. The average molecular weight is 309 g/mol. The lowest BCUT2D eigenvalue weighted by molar-refractivity contribution is 0.245. The van der Waals surface area contributed by atoms with Crippen molar-refractivity contribution in [1.29, 1.82) is 5.26 Å². The van der Waals surface area contributed by atoms with E-state index in [0.717, 1.165) is 43.6 Å². The van der Waals surface area contributed by atoms with E-state index in [-0.39, 0.29) is 24.5 Å². The average Bonchev–Trinajstić information content (AvgIpc) is 2.48. The Morgan fingerprint density at radius 3 is 2.95 bits per heavy atom. The van der Waals surface area contributed by atoms with Crippen LogP contribution in [-0.2, 0) is 6.42 Å². The summed E-state index contributed by atoms with van der Waals surface area (Å²) in [5, 5.41) is 18.0. The standard InChI is InChI=1S/C15H20N4O.ClH/c1-2-12-8-11(9-16)5-6-14(12)19-15(20)18-13-4-3-7-17-10-13;/h5-6,8,13,17H,2-4,7,10H2,1H3,(H2,18,19,20);1H/t13-;/m1./s1. The zero-order valence-corrected chi connectivity index (χ0v) is 12.9. The van der Waals surface area contributed by atoms with Crippen LogP contribution < -0.4 is 16.0 Å². The van der Waals surface area contributed by atoms with Crippen molar-refractivity contribution in [2.24, 2.45) is 0 Å². The van der Waals surface area contributed by atoms with Crippen molar-refractivity contribution in [2.45, 2.75) is 32.2 Å². The van der Waals surface area contributed by atoms with Gasteiger partial charge in [-0.05, 0) is 49.6 Å². The van der Waals surface area contributed by atoms with Gasteiger partial charge in [0.2, 0.25) is 0 Å². The Kier molecular flexibility index (Phi) is 7.00. The van der Waals surface area contributed by atoms with Crippen LogP contribution in [0.3, 0.4) is 0 Å². The van der Waals surface area contributed by atoms with Crippen LogP contribution in [0.2, 0.25) is 0 Å². The molecular weight excluding hydrogens is 288 g/mol. The third-order valence-electron chi connectivity index (χ3n) is 3.50. The van der Waals surface area contributed by atoms with E-state index in [1.54, 1.807) is 12.1 Å². The number of aryl methyl sites for hydroxylation is 1. The Labute approximate surface area is 131 Å². The van der Waals surface area contributed by atoms with Gasteiger partial charge in [-0.25, -0.2) is 4.79 Å². The van der Waals surface area contributed by atoms with Crippen molar-refractivity contribution >= 4 is 24.1 Å². The van der Waals surface area contributed by atoms with Gasteiger partial charge in [-0.2, -0.15) is 5.26 Å². The summed E-state index contributed by atoms with van der Waals surface area (Å²) in [7, 11) is 0. The third-order valence-corrected chi connectivity index (χ3v) is 3.50. The van der Waals surface area contributed by atoms with Crippen LogP contribution in [0.15, 0.2) is 18.2 Å². The fraction of sp³-hybridized carbons (Fsp3) is 0.467. The minimum Gasteiger partial charge on any atom is -0.334 e. The zero-order chi connectivity index (χ0) is 14.4. The maximum absolute atomic E-state index is 12.0. The van der Waals surface area contributed by atoms with Crippen molar-refractivity contribution in [3.05, 3.63) is 29.3 Å². The predicted molar refractivity (Wildman–Crippen MR) is 85.8 cm³/mol. The SMILES string of the molecule is CCc1cc(C#N)ccc1NC(=O)N[C@@H]1CCCNC1.Cl. The van der Waals surface area contributed by atoms with Crippen LogP contribution in [0.4, 0.5) is 10.5 Å². The molecule has 2 rings (SSSR count). The smallest absolute Gasteiger partial charge is 0.319 e. The summed E-state index contributed by atoms with van der Waals surface area (Å²) in [4.78, 5) is 12.0. The van der Waals surface area contributed by atoms with E-state index >= 15 is 0 Å². The molecule has 0 saturated carbocycles. The Bertz CT molecular complexity index is 521. The maximum Gasteiger partial charge on any atom is 0.319 e. The number of nitrogens with one attached hydrogen (secondary N) is 3. The molecule has 6 heteroatoms. The highest BCUT2D eigenvalue weighted by atomic mass is 35.5. The maximum atomic E-state index is 12.0. The van der Waals surface area contributed by atoms with Crippen LogP contribution in [0.1, 0.15) is 30.9 Å². The van der Waals surface area contributed by atoms with E-state index in [1.807, 2.05) is 13.0 Å². The quantitative estimate of drug-likeness (QED) is 0.802. The second-order valence-electron chi connectivity index (χ2n) is 4.98. The molecule has 1 aliphatic heterocycles. The number of amides is 2. The fourth-order valence-corrected chi connectivity index (χ4v) is 2.40. The molecule has 1 aliphatic rings. The topological polar surface area (TPSA) is 77.0 Å². The monoisotopic (exact) mass is 308 g/mol. The fourth-order valence-electron chi connectivity index (χ4n) is 2.40. The zero-order valence-electron chi connectivity index (χ0n) is 12.1. The van der Waals surface area contributed by atoms with Gasteiger partial charge < -0.3 is 16.0 Å². The molecule has 0 spiro atoms. The molecule has 0 aliphatic carbocycles. The molecule has 0 aromatic heterocycles. The predicted octanol–water partition coefficient (Wildman–Crippen LogP) is 2.42. The number of carbonyl (C=O) groups is 1. The van der Waals surface area contributed by atoms with Gasteiger partial charge in [0.15, 0.2) is 0 Å². The molecule has 0 bridgehead atoms. The first kappa shape index (κ1) is 17.3. The Hall–Kier alpha value is -1.77. The van der Waals surface area contributed by atoms with E-state index in [4.69, 9.17) is 5.26 Å². The van der Waals surface area contributed by atoms with Gasteiger partial charge >= 0.3 is 6.03 Å². The number of nitrogens with zero attached hydrogens (tertiary/aromatic N) is 1. The number of benzene rings is 1. The Balaban J connectivity index is 0.00000220. The van der Waals surface area contributed by atoms with Gasteiger partial charge in [0.25, 0.3) is 0 Å². The summed E-state index contributed by atoms with van der Waals surface area (Å²) in [5.74, 6) is 0. The molecule has 0 radical (unpaired) electrons. The van der Waals surface area contributed by atoms with Gasteiger partial charge in [-0.3, -0.25) is 0 Å². The third kappa shape index (κ3) is 4.92. The van der Waals surface area contributed by atoms with Crippen LogP contribution in [0.5, 0.6) is 0 Å². The number of rotatable bonds is 3. The molecule has 1 atom stereocenters. The number of piperidine rings is 1. The second-order valence-corrected chi connectivity index (χ2v) is 4.98. The summed E-state index contributed by atoms with van der Waals surface area (Å²) in [5.41, 5.74) is 2.36. The summed E-state index contributed by atoms with van der Waals surface area (Å²) in [6.07, 6.45) is 2.87. The normalized spacial score (nSPS) is 17.2. The summed E-state index contributed by atoms with van der Waals surface area (Å²) >= 11 is 0. The number of urea groups is 1. The Morgan fingerprint density at radius 2 is 2.33 bits per heavy atom. The highest BCUT2D eigenvalue weighted by Gasteiger charge is 2.15. The lowest BCUT2D eigenvalue weighted by Crippen LogP contribution is -2.47. The molecule has 114 valence electrons. The van der Waals surface area contributed by atoms with Gasteiger partial charge in [-0.15, -0.1) is 12.4 Å². The molecule has 1 saturated heterocycles. The van der Waals surface area contributed by atoms with E-state index in [0.29, 0.717) is 5.56 Å². The van der Waals surface area contributed by atoms with Crippen LogP contribution in [0.25, 0.3) is 0 Å². The van der Waals surface area contributed by atoms with Crippen molar-refractivity contribution in [3.8, 4) is 6.07 Å². The minimum atomic E-state index is -0.182. The highest BCUT2D eigenvalue weighted by Crippen LogP contribution is 2.18. The van der Waals surface area contributed by atoms with Crippen molar-refractivity contribution in [1.82, 2.24) is 10.6 Å². The molecule has 21 heavy (non-hydrogen) atoms. The first-order valence-electron chi connectivity index (χ1n) is 7.04. The van der Waals surface area contributed by atoms with Crippen LogP contribution in [0, 0.1) is 11.3 Å². The number of halogens is 1. The molecule has 1 aromatic rings. The van der Waals surface area contributed by atoms with Gasteiger partial charge in [0.05, 0.1) is 11.6 Å². The van der Waals surface area contributed by atoms with Crippen molar-refractivity contribution in [2.75, 3.05) is 18.4 Å². The van der Waals surface area contributed by atoms with E-state index in [9.17, 15) is 4.79 Å². The first-order chi connectivity index (χ1) is 9.72. The van der Waals surface area contributed by atoms with Crippen molar-refractivity contribution < 1.29 is 4.79 Å². The molecule has 0 unspecified atom stereocenters. The number of hydrogen-bond donors (Lipinski definition) is 3. The van der Waals surface area contributed by atoms with Crippen LogP contribution >= 0.6 is 12.4 Å². The molecule has 3 N–H and O–H groups in total. The number of anilines is 1. The lowest BCUT2D eigenvalue weighted by atomic mass is 10.1. The summed E-state index contributed by atoms with van der Waals surface area (Å²) < 4.78 is 0. The number of nitriles is 1. The highest BCUT2D eigenvalue weighted by molar-refractivity contribution is 5.90. The number of hydrogen-bond acceptors (Lipinski definition) is 3. The van der Waals surface area contributed by atoms with Crippen LogP contribution in [-0.4, -0.2) is 25.2 Å². The Morgan fingerprint density at radius 1 is 1.52 bits per heavy atom. The van der Waals surface area contributed by atoms with E-state index < -0.39 is 0 Å². The summed E-state index contributed by atoms with van der Waals surface area (Å²) in [6, 6.07) is 7.44. The molecule has 1 heterocycles. The summed E-state index contributed by atoms with van der Waals surface area (Å²) in [6.45, 7) is 3.85. The second kappa shape index (κ2) is 8.50. The van der Waals surface area contributed by atoms with Gasteiger partial charge in [-0.1, -0.05) is 6.92 Å². The molecule has 1 aromatic carbocycles. The molecule has 2 amide bonds. The number of carbonyl (C=O) groups excluding carboxylic acids is 1. The van der Waals surface area contributed by atoms with Crippen molar-refractivity contribution in [3.63, 3.8) is 0 Å². The minimum absolute atomic E-state index is 0. The largest absolute Gasteiger partial charge is 0.334 e. The van der Waals surface area contributed by atoms with Gasteiger partial charge in [0.1, 0.15) is 0 Å². The molecule has 5 nitrogen and oxygen atoms in total. The lowest BCUT2D eigenvalue weighted by Gasteiger charge is -2.24. The van der Waals surface area contributed by atoms with Gasteiger partial charge in [0, 0.05) is 18.3 Å².